The zero-order chi connectivity index (χ0) is 13.1. The van der Waals surface area contributed by atoms with Crippen LogP contribution in [0.15, 0.2) is 35.9 Å². The molecule has 0 aromatic heterocycles. The number of halogens is 3. The van der Waals surface area contributed by atoms with Gasteiger partial charge >= 0.3 is 6.36 Å². The summed E-state index contributed by atoms with van der Waals surface area (Å²) in [7, 11) is 0. The van der Waals surface area contributed by atoms with Crippen LogP contribution in [0.2, 0.25) is 0 Å². The molecule has 0 amide bonds. The van der Waals surface area contributed by atoms with Crippen molar-refractivity contribution >= 4 is 0 Å². The van der Waals surface area contributed by atoms with E-state index in [4.69, 9.17) is 0 Å². The number of alkyl halides is 3. The average Bonchev–Trinajstić information content (AvgIpc) is 2.15. The maximum Gasteiger partial charge on any atom is 0.573 e. The Bertz CT molecular complexity index is 389. The summed E-state index contributed by atoms with van der Waals surface area (Å²) in [6.07, 6.45) is -3.90. The van der Waals surface area contributed by atoms with E-state index in [-0.39, 0.29) is 5.75 Å². The van der Waals surface area contributed by atoms with E-state index < -0.39 is 12.5 Å². The summed E-state index contributed by atoms with van der Waals surface area (Å²) in [5, 5.41) is 9.67. The van der Waals surface area contributed by atoms with E-state index >= 15 is 0 Å². The Morgan fingerprint density at radius 3 is 2.18 bits per heavy atom. The monoisotopic (exact) mass is 246 g/mol. The number of hydrogen-bond donors (Lipinski definition) is 1. The summed E-state index contributed by atoms with van der Waals surface area (Å²) >= 11 is 0. The minimum atomic E-state index is -4.69. The lowest BCUT2D eigenvalue weighted by Gasteiger charge is -2.11. The molecule has 0 radical (unpaired) electrons. The predicted octanol–water partition coefficient (Wildman–Crippen LogP) is 3.58. The quantitative estimate of drug-likeness (QED) is 0.826. The number of allylic oxidation sites excluding steroid dienone is 1. The molecule has 1 atom stereocenters. The van der Waals surface area contributed by atoms with Gasteiger partial charge in [-0.3, -0.25) is 0 Å². The highest BCUT2D eigenvalue weighted by Gasteiger charge is 2.30. The van der Waals surface area contributed by atoms with Crippen LogP contribution in [-0.2, 0) is 0 Å². The standard InChI is InChI=1S/C12H13F3O2/c1-8(2)7-11(16)9-3-5-10(6-4-9)17-12(13,14)15/h3-7,11,16H,1-2H3. The first-order valence-electron chi connectivity index (χ1n) is 4.97. The third kappa shape index (κ3) is 4.91. The molecule has 1 aromatic carbocycles. The second-order valence-corrected chi connectivity index (χ2v) is 3.81. The van der Waals surface area contributed by atoms with Crippen molar-refractivity contribution in [3.05, 3.63) is 41.5 Å². The van der Waals surface area contributed by atoms with Crippen LogP contribution in [0.5, 0.6) is 5.75 Å². The smallest absolute Gasteiger partial charge is 0.406 e. The van der Waals surface area contributed by atoms with Crippen molar-refractivity contribution in [2.75, 3.05) is 0 Å². The summed E-state index contributed by atoms with van der Waals surface area (Å²) in [6, 6.07) is 5.13. The van der Waals surface area contributed by atoms with E-state index in [2.05, 4.69) is 4.74 Å². The van der Waals surface area contributed by atoms with Crippen molar-refractivity contribution in [3.8, 4) is 5.75 Å². The van der Waals surface area contributed by atoms with E-state index in [0.717, 1.165) is 5.57 Å². The molecule has 0 aliphatic rings. The lowest BCUT2D eigenvalue weighted by Crippen LogP contribution is -2.17. The highest BCUT2D eigenvalue weighted by molar-refractivity contribution is 5.30. The van der Waals surface area contributed by atoms with Gasteiger partial charge < -0.3 is 9.84 Å². The number of hydrogen-bond acceptors (Lipinski definition) is 2. The number of aliphatic hydroxyl groups excluding tert-OH is 1. The topological polar surface area (TPSA) is 29.5 Å². The van der Waals surface area contributed by atoms with Gasteiger partial charge in [-0.05, 0) is 31.5 Å². The largest absolute Gasteiger partial charge is 0.573 e. The van der Waals surface area contributed by atoms with Crippen LogP contribution in [0.3, 0.4) is 0 Å². The Morgan fingerprint density at radius 2 is 1.76 bits per heavy atom. The fourth-order valence-corrected chi connectivity index (χ4v) is 1.28. The Labute approximate surface area is 97.3 Å². The van der Waals surface area contributed by atoms with Crippen LogP contribution < -0.4 is 4.74 Å². The van der Waals surface area contributed by atoms with Gasteiger partial charge in [-0.2, -0.15) is 0 Å². The first kappa shape index (κ1) is 13.6. The van der Waals surface area contributed by atoms with E-state index in [1.807, 2.05) is 13.8 Å². The minimum absolute atomic E-state index is 0.300. The van der Waals surface area contributed by atoms with Gasteiger partial charge in [0.05, 0.1) is 6.10 Å². The third-order valence-corrected chi connectivity index (χ3v) is 1.95. The molecule has 1 N–H and O–H groups in total. The van der Waals surface area contributed by atoms with Crippen molar-refractivity contribution in [1.29, 1.82) is 0 Å². The molecule has 1 unspecified atom stereocenters. The number of benzene rings is 1. The second kappa shape index (κ2) is 5.23. The van der Waals surface area contributed by atoms with E-state index in [0.29, 0.717) is 5.56 Å². The minimum Gasteiger partial charge on any atom is -0.406 e. The predicted molar refractivity (Wildman–Crippen MR) is 57.5 cm³/mol. The van der Waals surface area contributed by atoms with Crippen LogP contribution in [-0.4, -0.2) is 11.5 Å². The van der Waals surface area contributed by atoms with Crippen LogP contribution in [0.1, 0.15) is 25.5 Å². The van der Waals surface area contributed by atoms with Gasteiger partial charge in [0.1, 0.15) is 5.75 Å². The fraction of sp³-hybridized carbons (Fsp3) is 0.333. The van der Waals surface area contributed by atoms with Crippen molar-refractivity contribution in [3.63, 3.8) is 0 Å². The van der Waals surface area contributed by atoms with Gasteiger partial charge in [-0.15, -0.1) is 13.2 Å². The number of aliphatic hydroxyl groups is 1. The lowest BCUT2D eigenvalue weighted by molar-refractivity contribution is -0.274. The molecule has 0 saturated carbocycles. The molecule has 2 nitrogen and oxygen atoms in total. The van der Waals surface area contributed by atoms with Gasteiger partial charge in [0.15, 0.2) is 0 Å². The van der Waals surface area contributed by atoms with Crippen molar-refractivity contribution in [2.24, 2.45) is 0 Å². The van der Waals surface area contributed by atoms with E-state index in [1.165, 1.54) is 24.3 Å². The molecule has 1 rings (SSSR count). The van der Waals surface area contributed by atoms with Crippen LogP contribution in [0, 0.1) is 0 Å². The first-order valence-corrected chi connectivity index (χ1v) is 4.97. The van der Waals surface area contributed by atoms with Crippen molar-refractivity contribution in [1.82, 2.24) is 0 Å². The van der Waals surface area contributed by atoms with Gasteiger partial charge in [-0.1, -0.05) is 23.8 Å². The molecular formula is C12H13F3O2. The van der Waals surface area contributed by atoms with Crippen LogP contribution in [0.4, 0.5) is 13.2 Å². The maximum absolute atomic E-state index is 11.9. The Balaban J connectivity index is 2.78. The summed E-state index contributed by atoms with van der Waals surface area (Å²) < 4.78 is 39.4. The Hall–Kier alpha value is -1.49. The highest BCUT2D eigenvalue weighted by Crippen LogP contribution is 2.24. The SMILES string of the molecule is CC(C)=CC(O)c1ccc(OC(F)(F)F)cc1. The molecule has 0 aliphatic carbocycles. The molecule has 17 heavy (non-hydrogen) atoms. The number of ether oxygens (including phenoxy) is 1. The van der Waals surface area contributed by atoms with Gasteiger partial charge in [-0.25, -0.2) is 0 Å². The van der Waals surface area contributed by atoms with Gasteiger partial charge in [0.25, 0.3) is 0 Å². The average molecular weight is 246 g/mol. The molecule has 0 fully saturated rings. The Kier molecular flexibility index (Phi) is 4.17. The molecule has 0 spiro atoms. The molecular weight excluding hydrogens is 233 g/mol. The van der Waals surface area contributed by atoms with Gasteiger partial charge in [0.2, 0.25) is 0 Å². The zero-order valence-corrected chi connectivity index (χ0v) is 9.45. The first-order chi connectivity index (χ1) is 7.78. The molecule has 0 saturated heterocycles. The number of rotatable bonds is 3. The molecule has 0 heterocycles. The second-order valence-electron chi connectivity index (χ2n) is 3.81. The Morgan fingerprint density at radius 1 is 1.24 bits per heavy atom. The van der Waals surface area contributed by atoms with E-state index in [9.17, 15) is 18.3 Å². The van der Waals surface area contributed by atoms with Crippen molar-refractivity contribution in [2.45, 2.75) is 26.3 Å². The van der Waals surface area contributed by atoms with Crippen LogP contribution >= 0.6 is 0 Å². The third-order valence-electron chi connectivity index (χ3n) is 1.95. The molecule has 0 aliphatic heterocycles. The maximum atomic E-state index is 11.9. The fourth-order valence-electron chi connectivity index (χ4n) is 1.28. The summed E-state index contributed by atoms with van der Waals surface area (Å²) in [5.41, 5.74) is 1.44. The highest BCUT2D eigenvalue weighted by atomic mass is 19.4. The lowest BCUT2D eigenvalue weighted by atomic mass is 10.1. The molecule has 5 heteroatoms. The molecule has 94 valence electrons. The van der Waals surface area contributed by atoms with Crippen LogP contribution in [0.25, 0.3) is 0 Å². The van der Waals surface area contributed by atoms with Crippen molar-refractivity contribution < 1.29 is 23.0 Å². The van der Waals surface area contributed by atoms with E-state index in [1.54, 1.807) is 6.08 Å². The molecule has 1 aromatic rings. The molecule has 0 bridgehead atoms. The summed E-state index contributed by atoms with van der Waals surface area (Å²) in [5.74, 6) is -0.300. The normalized spacial score (nSPS) is 13.1. The zero-order valence-electron chi connectivity index (χ0n) is 9.45. The summed E-state index contributed by atoms with van der Waals surface area (Å²) in [4.78, 5) is 0. The van der Waals surface area contributed by atoms with Gasteiger partial charge in [0, 0.05) is 0 Å². The summed E-state index contributed by atoms with van der Waals surface area (Å²) in [6.45, 7) is 3.65.